The molecule has 0 unspecified atom stereocenters. The highest BCUT2D eigenvalue weighted by Gasteiger charge is 2.17. The van der Waals surface area contributed by atoms with Crippen LogP contribution >= 0.6 is 34.3 Å². The van der Waals surface area contributed by atoms with Crippen LogP contribution in [0.5, 0.6) is 0 Å². The summed E-state index contributed by atoms with van der Waals surface area (Å²) in [5, 5.41) is 0. The minimum atomic E-state index is -3.73. The number of thiazole rings is 1. The Morgan fingerprint density at radius 3 is 2.64 bits per heavy atom. The fourth-order valence-electron chi connectivity index (χ4n) is 2.24. The van der Waals surface area contributed by atoms with Gasteiger partial charge < -0.3 is 4.57 Å². The van der Waals surface area contributed by atoms with Crippen molar-refractivity contribution in [2.75, 3.05) is 0 Å². The first-order chi connectivity index (χ1) is 10.4. The number of fused-ring (bicyclic) bond motifs is 1. The largest absolute Gasteiger partial charge is 0.319 e. The molecule has 0 amide bonds. The number of aromatic nitrogens is 1. The number of halogens is 1. The molecular formula is C14H13ClN2O2S3. The zero-order chi connectivity index (χ0) is 15.9. The second-order valence-corrected chi connectivity index (χ2v) is 9.24. The maximum absolute atomic E-state index is 12.4. The van der Waals surface area contributed by atoms with Crippen molar-refractivity contribution in [3.8, 4) is 0 Å². The van der Waals surface area contributed by atoms with Gasteiger partial charge in [-0.25, -0.2) is 0 Å². The molecule has 2 aromatic heterocycles. The summed E-state index contributed by atoms with van der Waals surface area (Å²) in [5.74, 6) is 0. The number of benzene rings is 1. The van der Waals surface area contributed by atoms with Crippen LogP contribution in [0.1, 0.15) is 12.5 Å². The number of nitrogens with zero attached hydrogens (tertiary/aromatic N) is 2. The fraction of sp³-hybridized carbons (Fsp3) is 0.214. The third-order valence-corrected chi connectivity index (χ3v) is 7.47. The van der Waals surface area contributed by atoms with E-state index < -0.39 is 10.0 Å². The standard InChI is InChI=1S/C14H13ClN2O2S3/c1-3-9-5-4-6-10-13(9)17(2)14(20-10)16-22(18,19)12-8-7-11(15)21-12/h4-8H,3H2,1-2H3/b16-14-. The van der Waals surface area contributed by atoms with Gasteiger partial charge >= 0.3 is 0 Å². The van der Waals surface area contributed by atoms with Crippen molar-refractivity contribution in [1.82, 2.24) is 4.57 Å². The van der Waals surface area contributed by atoms with Gasteiger partial charge in [0, 0.05) is 7.05 Å². The first-order valence-electron chi connectivity index (χ1n) is 6.56. The quantitative estimate of drug-likeness (QED) is 0.702. The van der Waals surface area contributed by atoms with Crippen molar-refractivity contribution in [3.05, 3.63) is 45.0 Å². The predicted octanol–water partition coefficient (Wildman–Crippen LogP) is 3.81. The van der Waals surface area contributed by atoms with E-state index >= 15 is 0 Å². The van der Waals surface area contributed by atoms with Gasteiger partial charge in [-0.15, -0.1) is 15.7 Å². The molecule has 116 valence electrons. The van der Waals surface area contributed by atoms with E-state index in [-0.39, 0.29) is 4.21 Å². The smallest absolute Gasteiger partial charge is 0.294 e. The van der Waals surface area contributed by atoms with Gasteiger partial charge in [0.1, 0.15) is 4.21 Å². The number of thiophene rings is 1. The summed E-state index contributed by atoms with van der Waals surface area (Å²) in [5.41, 5.74) is 2.21. The molecule has 0 aliphatic rings. The Morgan fingerprint density at radius 2 is 2.00 bits per heavy atom. The number of rotatable bonds is 3. The first kappa shape index (κ1) is 15.7. The van der Waals surface area contributed by atoms with Crippen molar-refractivity contribution >= 4 is 54.5 Å². The molecule has 0 saturated heterocycles. The Labute approximate surface area is 141 Å². The lowest BCUT2D eigenvalue weighted by Gasteiger charge is -2.01. The molecule has 0 spiro atoms. The summed E-state index contributed by atoms with van der Waals surface area (Å²) in [6.07, 6.45) is 0.884. The van der Waals surface area contributed by atoms with E-state index in [9.17, 15) is 8.42 Å². The molecule has 4 nitrogen and oxygen atoms in total. The minimum absolute atomic E-state index is 0.158. The molecule has 0 atom stereocenters. The van der Waals surface area contributed by atoms with E-state index in [1.165, 1.54) is 23.0 Å². The van der Waals surface area contributed by atoms with Crippen LogP contribution in [0, 0.1) is 0 Å². The van der Waals surface area contributed by atoms with Crippen molar-refractivity contribution in [2.45, 2.75) is 17.6 Å². The average Bonchev–Trinajstić information content (AvgIpc) is 3.04. The summed E-state index contributed by atoms with van der Waals surface area (Å²) in [6.45, 7) is 2.08. The van der Waals surface area contributed by atoms with Crippen LogP contribution in [0.15, 0.2) is 38.9 Å². The number of aryl methyl sites for hydroxylation is 2. The highest BCUT2D eigenvalue weighted by Crippen LogP contribution is 2.27. The van der Waals surface area contributed by atoms with E-state index in [1.807, 2.05) is 29.8 Å². The summed E-state index contributed by atoms with van der Waals surface area (Å²) in [7, 11) is -1.89. The van der Waals surface area contributed by atoms with Gasteiger partial charge in [-0.1, -0.05) is 42.0 Å². The van der Waals surface area contributed by atoms with Crippen LogP contribution in [0.4, 0.5) is 0 Å². The number of para-hydroxylation sites is 1. The van der Waals surface area contributed by atoms with Crippen molar-refractivity contribution in [1.29, 1.82) is 0 Å². The van der Waals surface area contributed by atoms with Gasteiger partial charge in [0.05, 0.1) is 14.6 Å². The molecule has 0 radical (unpaired) electrons. The third-order valence-electron chi connectivity index (χ3n) is 3.29. The van der Waals surface area contributed by atoms with E-state index in [1.54, 1.807) is 6.07 Å². The minimum Gasteiger partial charge on any atom is -0.319 e. The SMILES string of the molecule is CCc1cccc2s/c(=N\S(=O)(=O)c3ccc(Cl)s3)n(C)c12. The molecule has 0 bridgehead atoms. The molecule has 0 N–H and O–H groups in total. The molecule has 3 aromatic rings. The molecule has 3 rings (SSSR count). The van der Waals surface area contributed by atoms with Gasteiger partial charge in [-0.2, -0.15) is 8.42 Å². The summed E-state index contributed by atoms with van der Waals surface area (Å²) in [6, 6.07) is 9.06. The zero-order valence-corrected chi connectivity index (χ0v) is 15.1. The molecule has 22 heavy (non-hydrogen) atoms. The monoisotopic (exact) mass is 372 g/mol. The predicted molar refractivity (Wildman–Crippen MR) is 92.3 cm³/mol. The highest BCUT2D eigenvalue weighted by atomic mass is 35.5. The van der Waals surface area contributed by atoms with E-state index in [2.05, 4.69) is 11.3 Å². The lowest BCUT2D eigenvalue weighted by Crippen LogP contribution is -2.13. The maximum Gasteiger partial charge on any atom is 0.294 e. The van der Waals surface area contributed by atoms with Crippen LogP contribution in [0.2, 0.25) is 4.34 Å². The first-order valence-corrected chi connectivity index (χ1v) is 10.0. The van der Waals surface area contributed by atoms with Crippen molar-refractivity contribution in [3.63, 3.8) is 0 Å². The second kappa shape index (κ2) is 5.81. The Kier molecular flexibility index (Phi) is 4.15. The Hall–Kier alpha value is -1.15. The lowest BCUT2D eigenvalue weighted by atomic mass is 10.1. The molecule has 0 aliphatic carbocycles. The van der Waals surface area contributed by atoms with Crippen molar-refractivity contribution in [2.24, 2.45) is 11.4 Å². The highest BCUT2D eigenvalue weighted by molar-refractivity contribution is 7.92. The van der Waals surface area contributed by atoms with Crippen LogP contribution in [-0.4, -0.2) is 13.0 Å². The van der Waals surface area contributed by atoms with Crippen LogP contribution in [-0.2, 0) is 23.5 Å². The average molecular weight is 373 g/mol. The van der Waals surface area contributed by atoms with Gasteiger partial charge in [0.2, 0.25) is 4.80 Å². The summed E-state index contributed by atoms with van der Waals surface area (Å²) >= 11 is 8.20. The second-order valence-electron chi connectivity index (χ2n) is 4.69. The van der Waals surface area contributed by atoms with Crippen LogP contribution < -0.4 is 4.80 Å². The number of hydrogen-bond acceptors (Lipinski definition) is 4. The normalized spacial score (nSPS) is 13.1. The molecule has 1 aromatic carbocycles. The molecular weight excluding hydrogens is 360 g/mol. The molecule has 8 heteroatoms. The Balaban J connectivity index is 2.24. The van der Waals surface area contributed by atoms with E-state index in [0.717, 1.165) is 28.0 Å². The summed E-state index contributed by atoms with van der Waals surface area (Å²) in [4.78, 5) is 0.459. The number of hydrogen-bond donors (Lipinski definition) is 0. The van der Waals surface area contributed by atoms with E-state index in [0.29, 0.717) is 9.14 Å². The van der Waals surface area contributed by atoms with Gasteiger partial charge in [-0.05, 0) is 30.2 Å². The summed E-state index contributed by atoms with van der Waals surface area (Å²) < 4.78 is 32.2. The lowest BCUT2D eigenvalue weighted by molar-refractivity contribution is 0.598. The molecule has 0 fully saturated rings. The van der Waals surface area contributed by atoms with Gasteiger partial charge in [0.15, 0.2) is 0 Å². The number of sulfonamides is 1. The van der Waals surface area contributed by atoms with Gasteiger partial charge in [0.25, 0.3) is 10.0 Å². The van der Waals surface area contributed by atoms with Crippen LogP contribution in [0.3, 0.4) is 0 Å². The molecule has 2 heterocycles. The maximum atomic E-state index is 12.4. The zero-order valence-electron chi connectivity index (χ0n) is 11.9. The Bertz CT molecular complexity index is 1010. The third kappa shape index (κ3) is 2.74. The molecule has 0 saturated carbocycles. The van der Waals surface area contributed by atoms with Crippen LogP contribution in [0.25, 0.3) is 10.2 Å². The fourth-order valence-corrected chi connectivity index (χ4v) is 6.00. The van der Waals surface area contributed by atoms with Crippen molar-refractivity contribution < 1.29 is 8.42 Å². The topological polar surface area (TPSA) is 51.4 Å². The van der Waals surface area contributed by atoms with Gasteiger partial charge in [-0.3, -0.25) is 0 Å². The Morgan fingerprint density at radius 1 is 1.23 bits per heavy atom. The molecule has 0 aliphatic heterocycles. The van der Waals surface area contributed by atoms with E-state index in [4.69, 9.17) is 11.6 Å².